The number of hydrogen-bond donors (Lipinski definition) is 0. The first kappa shape index (κ1) is 15.7. The fourth-order valence-corrected chi connectivity index (χ4v) is 0. The molecule has 7 heteroatoms. The normalized spacial score (nSPS) is 2.43. The Hall–Kier alpha value is 1.07. The van der Waals surface area contributed by atoms with Crippen molar-refractivity contribution in [3.8, 4) is 0 Å². The maximum atomic E-state index is 8.50. The van der Waals surface area contributed by atoms with E-state index in [9.17, 15) is 0 Å². The predicted molar refractivity (Wildman–Crippen MR) is 9.89 cm³/mol. The van der Waals surface area contributed by atoms with E-state index in [-0.39, 0.29) is 18.3 Å². The van der Waals surface area contributed by atoms with Gasteiger partial charge in [0.15, 0.2) is 0 Å². The van der Waals surface area contributed by atoms with Gasteiger partial charge in [-0.05, 0) is 0 Å². The SMILES string of the molecule is [O]=[AlH].[O]=[Ti]=[O].[O]=[Zn]. The van der Waals surface area contributed by atoms with Crippen molar-refractivity contribution in [1.82, 2.24) is 0 Å². The van der Waals surface area contributed by atoms with Crippen LogP contribution in [0.15, 0.2) is 0 Å². The Morgan fingerprint density at radius 3 is 1.14 bits per heavy atom. The summed E-state index contributed by atoms with van der Waals surface area (Å²) in [6, 6.07) is 0. The molecule has 0 fully saturated rings. The van der Waals surface area contributed by atoms with Crippen LogP contribution in [0.4, 0.5) is 0 Å². The Balaban J connectivity index is -0.0000000360. The van der Waals surface area contributed by atoms with Crippen LogP contribution in [0.5, 0.6) is 0 Å². The molecule has 0 heterocycles. The van der Waals surface area contributed by atoms with Crippen LogP contribution in [-0.4, -0.2) is 16.2 Å². The maximum absolute atomic E-state index is 8.50. The topological polar surface area (TPSA) is 68.3 Å². The van der Waals surface area contributed by atoms with Crippen LogP contribution < -0.4 is 0 Å². The molecule has 0 aliphatic carbocycles. The molecule has 0 radical (unpaired) electrons. The molecule has 0 bridgehead atoms. The van der Waals surface area contributed by atoms with Gasteiger partial charge >= 0.3 is 67.6 Å². The zero-order valence-corrected chi connectivity index (χ0v) is 9.49. The van der Waals surface area contributed by atoms with Gasteiger partial charge in [-0.2, -0.15) is 0 Å². The van der Waals surface area contributed by atoms with Crippen molar-refractivity contribution in [3.63, 3.8) is 0 Å². The van der Waals surface area contributed by atoms with Gasteiger partial charge in [-0.15, -0.1) is 0 Å². The van der Waals surface area contributed by atoms with Gasteiger partial charge in [0.05, 0.1) is 0 Å². The van der Waals surface area contributed by atoms with Gasteiger partial charge in [-0.25, -0.2) is 0 Å². The standard InChI is InChI=1S/Al.4O.Ti.Zn.H. The van der Waals surface area contributed by atoms with Crippen LogP contribution in [-0.2, 0) is 51.4 Å². The van der Waals surface area contributed by atoms with Crippen molar-refractivity contribution in [2.45, 2.75) is 0 Å². The fourth-order valence-electron chi connectivity index (χ4n) is 0. The van der Waals surface area contributed by atoms with Crippen LogP contribution in [0.2, 0.25) is 0 Å². The van der Waals surface area contributed by atoms with Gasteiger partial charge in [-0.3, -0.25) is 0 Å². The quantitative estimate of drug-likeness (QED) is 0.469. The second kappa shape index (κ2) is 60.8. The molecular formula is HAlO4TiZn. The molecule has 0 aromatic carbocycles. The Labute approximate surface area is 67.2 Å². The molecule has 0 rings (SSSR count). The van der Waals surface area contributed by atoms with Crippen molar-refractivity contribution in [3.05, 3.63) is 0 Å². The monoisotopic (exact) mass is 204 g/mol. The van der Waals surface area contributed by atoms with Crippen molar-refractivity contribution in [2.75, 3.05) is 0 Å². The summed E-state index contributed by atoms with van der Waals surface area (Å²) in [4.78, 5) is 0. The van der Waals surface area contributed by atoms with E-state index in [0.717, 1.165) is 0 Å². The van der Waals surface area contributed by atoms with Crippen LogP contribution >= 0.6 is 0 Å². The summed E-state index contributed by atoms with van der Waals surface area (Å²) in [5.41, 5.74) is 0. The average molecular weight is 205 g/mol. The molecular weight excluding hydrogens is 204 g/mol. The number of hydrogen-bond acceptors (Lipinski definition) is 4. The van der Waals surface area contributed by atoms with Crippen LogP contribution in [0.25, 0.3) is 0 Å². The molecule has 0 saturated heterocycles. The molecule has 0 saturated carbocycles. The van der Waals surface area contributed by atoms with Crippen LogP contribution in [0.1, 0.15) is 0 Å². The van der Waals surface area contributed by atoms with E-state index in [2.05, 4.69) is 0 Å². The molecule has 0 aliphatic rings. The van der Waals surface area contributed by atoms with Crippen molar-refractivity contribution < 1.29 is 51.4 Å². The minimum absolute atomic E-state index is 0.125. The molecule has 0 amide bonds. The Bertz CT molecular complexity index is 47.7. The summed E-state index contributed by atoms with van der Waals surface area (Å²) < 4.78 is 33.7. The van der Waals surface area contributed by atoms with E-state index >= 15 is 0 Å². The molecule has 7 heavy (non-hydrogen) atoms. The third-order valence-corrected chi connectivity index (χ3v) is 0. The zero-order chi connectivity index (χ0) is 6.71. The van der Waals surface area contributed by atoms with E-state index in [1.165, 1.54) is 0 Å². The van der Waals surface area contributed by atoms with Crippen molar-refractivity contribution in [2.24, 2.45) is 0 Å². The molecule has 0 aromatic rings. The van der Waals surface area contributed by atoms with Crippen LogP contribution in [0, 0.1) is 0 Å². The summed E-state index contributed by atoms with van der Waals surface area (Å²) in [6.45, 7) is 0. The summed E-state index contributed by atoms with van der Waals surface area (Å²) >= 11 is -1.26. The third-order valence-electron chi connectivity index (χ3n) is 0. The molecule has 0 atom stereocenters. The average Bonchev–Trinajstić information content (AvgIpc) is 1.78. The van der Waals surface area contributed by atoms with Crippen LogP contribution in [0.3, 0.4) is 0 Å². The minimum atomic E-state index is -2.00. The summed E-state index contributed by atoms with van der Waals surface area (Å²) in [5.74, 6) is 0. The summed E-state index contributed by atoms with van der Waals surface area (Å²) in [6.07, 6.45) is 0. The van der Waals surface area contributed by atoms with Gasteiger partial charge < -0.3 is 0 Å². The van der Waals surface area contributed by atoms with Gasteiger partial charge in [0.25, 0.3) is 0 Å². The Kier molecular flexibility index (Phi) is 136. The molecule has 4 nitrogen and oxygen atoms in total. The fraction of sp³-hybridized carbons (Fsp3) is 0. The first-order valence-corrected chi connectivity index (χ1v) is 4.05. The molecule has 0 aliphatic heterocycles. The number of rotatable bonds is 0. The molecule has 34 valence electrons. The van der Waals surface area contributed by atoms with Crippen molar-refractivity contribution >= 4 is 16.2 Å². The van der Waals surface area contributed by atoms with E-state index in [1.807, 2.05) is 0 Å². The second-order valence-corrected chi connectivity index (χ2v) is 0.344. The first-order valence-electron chi connectivity index (χ1n) is 0.986. The molecule has 0 spiro atoms. The second-order valence-electron chi connectivity index (χ2n) is 0.0833. The van der Waals surface area contributed by atoms with E-state index in [4.69, 9.17) is 14.0 Å². The van der Waals surface area contributed by atoms with E-state index < -0.39 is 19.1 Å². The van der Waals surface area contributed by atoms with E-state index in [0.29, 0.717) is 16.2 Å². The van der Waals surface area contributed by atoms with Crippen molar-refractivity contribution in [1.29, 1.82) is 0 Å². The van der Waals surface area contributed by atoms with Gasteiger partial charge in [0, 0.05) is 0 Å². The van der Waals surface area contributed by atoms with Gasteiger partial charge in [0.2, 0.25) is 0 Å². The summed E-state index contributed by atoms with van der Waals surface area (Å²) in [7, 11) is 0. The van der Waals surface area contributed by atoms with Gasteiger partial charge in [-0.1, -0.05) is 0 Å². The third kappa shape index (κ3) is 159. The van der Waals surface area contributed by atoms with Gasteiger partial charge in [0.1, 0.15) is 0 Å². The molecule has 0 unspecified atom stereocenters. The molecule has 0 N–H and O–H groups in total. The summed E-state index contributed by atoms with van der Waals surface area (Å²) in [5, 5.41) is 0. The Morgan fingerprint density at radius 2 is 1.14 bits per heavy atom. The Morgan fingerprint density at radius 1 is 1.14 bits per heavy atom. The van der Waals surface area contributed by atoms with E-state index in [1.54, 1.807) is 0 Å². The zero-order valence-electron chi connectivity index (χ0n) is 3.55. The molecule has 0 aromatic heterocycles. The first-order chi connectivity index (χ1) is 3.41. The predicted octanol–water partition coefficient (Wildman–Crippen LogP) is -1.13.